The lowest BCUT2D eigenvalue weighted by atomic mass is 9.95. The normalized spacial score (nSPS) is 14.1. The van der Waals surface area contributed by atoms with Crippen molar-refractivity contribution in [3.8, 4) is 11.5 Å². The van der Waals surface area contributed by atoms with Gasteiger partial charge in [0.1, 0.15) is 18.1 Å². The highest BCUT2D eigenvalue weighted by Crippen LogP contribution is 2.29. The smallest absolute Gasteiger partial charge is 0.247 e. The van der Waals surface area contributed by atoms with Crippen LogP contribution in [0.4, 0.5) is 0 Å². The van der Waals surface area contributed by atoms with Gasteiger partial charge in [0, 0.05) is 29.8 Å². The lowest BCUT2D eigenvalue weighted by Crippen LogP contribution is -2.39. The van der Waals surface area contributed by atoms with E-state index in [0.29, 0.717) is 43.7 Å². The van der Waals surface area contributed by atoms with Crippen LogP contribution in [0.3, 0.4) is 0 Å². The number of morpholine rings is 1. The summed E-state index contributed by atoms with van der Waals surface area (Å²) in [5.41, 5.74) is 3.61. The summed E-state index contributed by atoms with van der Waals surface area (Å²) in [5.74, 6) is 1.42. The van der Waals surface area contributed by atoms with Gasteiger partial charge in [-0.25, -0.2) is 0 Å². The maximum absolute atomic E-state index is 13.0. The number of halogens is 1. The fourth-order valence-electron chi connectivity index (χ4n) is 3.70. The topological polar surface area (TPSA) is 48.0 Å². The Morgan fingerprint density at radius 3 is 2.42 bits per heavy atom. The Hall–Kier alpha value is -3.28. The predicted octanol–water partition coefficient (Wildman–Crippen LogP) is 5.22. The van der Waals surface area contributed by atoms with Crippen LogP contribution in [-0.2, 0) is 16.1 Å². The lowest BCUT2D eigenvalue weighted by molar-refractivity contribution is -0.129. The summed E-state index contributed by atoms with van der Waals surface area (Å²) in [5, 5.41) is 0.657. The summed E-state index contributed by atoms with van der Waals surface area (Å²) >= 11 is 5.97. The molecule has 1 amide bonds. The molecule has 0 unspecified atom stereocenters. The van der Waals surface area contributed by atoms with E-state index in [1.807, 2.05) is 65.6 Å². The molecule has 1 fully saturated rings. The first-order valence-corrected chi connectivity index (χ1v) is 11.2. The first kappa shape index (κ1) is 22.9. The largest absolute Gasteiger partial charge is 0.496 e. The molecule has 5 nitrogen and oxygen atoms in total. The van der Waals surface area contributed by atoms with E-state index in [2.05, 4.69) is 0 Å². The minimum Gasteiger partial charge on any atom is -0.496 e. The van der Waals surface area contributed by atoms with Gasteiger partial charge in [0.05, 0.1) is 20.3 Å². The number of carbonyl (C=O) groups is 1. The molecule has 0 N–H and O–H groups in total. The predicted molar refractivity (Wildman–Crippen MR) is 130 cm³/mol. The van der Waals surface area contributed by atoms with Gasteiger partial charge in [-0.05, 0) is 53.1 Å². The highest BCUT2D eigenvalue weighted by atomic mass is 35.5. The number of hydrogen-bond donors (Lipinski definition) is 0. The van der Waals surface area contributed by atoms with E-state index in [0.717, 1.165) is 28.0 Å². The molecular formula is C27H26ClNO4. The Labute approximate surface area is 199 Å². The van der Waals surface area contributed by atoms with Crippen molar-refractivity contribution in [1.29, 1.82) is 0 Å². The average Bonchev–Trinajstić information content (AvgIpc) is 2.87. The van der Waals surface area contributed by atoms with Crippen LogP contribution in [0.2, 0.25) is 5.02 Å². The van der Waals surface area contributed by atoms with E-state index >= 15 is 0 Å². The summed E-state index contributed by atoms with van der Waals surface area (Å²) in [6.07, 6.45) is 1.71. The van der Waals surface area contributed by atoms with E-state index in [-0.39, 0.29) is 5.91 Å². The van der Waals surface area contributed by atoms with Crippen LogP contribution in [-0.4, -0.2) is 44.2 Å². The Morgan fingerprint density at radius 2 is 1.73 bits per heavy atom. The van der Waals surface area contributed by atoms with Crippen LogP contribution in [0.1, 0.15) is 16.7 Å². The van der Waals surface area contributed by atoms with Crippen molar-refractivity contribution in [1.82, 2.24) is 4.90 Å². The molecule has 1 aliphatic rings. The van der Waals surface area contributed by atoms with Crippen LogP contribution < -0.4 is 9.47 Å². The third kappa shape index (κ3) is 5.95. The quantitative estimate of drug-likeness (QED) is 0.451. The molecule has 1 aliphatic heterocycles. The number of nitrogens with zero attached hydrogens (tertiary/aromatic N) is 1. The van der Waals surface area contributed by atoms with Gasteiger partial charge in [0.15, 0.2) is 0 Å². The molecule has 33 heavy (non-hydrogen) atoms. The van der Waals surface area contributed by atoms with Gasteiger partial charge in [0.25, 0.3) is 0 Å². The number of hydrogen-bond acceptors (Lipinski definition) is 4. The first-order chi connectivity index (χ1) is 16.1. The van der Waals surface area contributed by atoms with Crippen molar-refractivity contribution in [2.24, 2.45) is 0 Å². The van der Waals surface area contributed by atoms with E-state index in [4.69, 9.17) is 25.8 Å². The molecule has 4 rings (SSSR count). The van der Waals surface area contributed by atoms with Crippen molar-refractivity contribution in [2.75, 3.05) is 33.4 Å². The molecule has 170 valence electrons. The summed E-state index contributed by atoms with van der Waals surface area (Å²) in [4.78, 5) is 14.9. The summed E-state index contributed by atoms with van der Waals surface area (Å²) in [6, 6.07) is 23.0. The number of amides is 1. The Morgan fingerprint density at radius 1 is 1.00 bits per heavy atom. The van der Waals surface area contributed by atoms with Crippen molar-refractivity contribution < 1.29 is 19.0 Å². The van der Waals surface area contributed by atoms with E-state index in [9.17, 15) is 4.79 Å². The highest BCUT2D eigenvalue weighted by molar-refractivity contribution is 6.30. The van der Waals surface area contributed by atoms with Crippen LogP contribution >= 0.6 is 11.6 Å². The molecule has 0 aliphatic carbocycles. The number of benzene rings is 3. The number of methoxy groups -OCH3 is 1. The number of ether oxygens (including phenoxy) is 3. The molecule has 1 saturated heterocycles. The zero-order valence-corrected chi connectivity index (χ0v) is 19.3. The SMILES string of the molecule is COc1ccc(C(=CC(=O)N2CCOCC2)c2ccccc2)cc1COc1ccc(Cl)cc1. The molecule has 0 aromatic heterocycles. The highest BCUT2D eigenvalue weighted by Gasteiger charge is 2.18. The molecule has 6 heteroatoms. The number of rotatable bonds is 7. The summed E-state index contributed by atoms with van der Waals surface area (Å²) in [7, 11) is 1.64. The van der Waals surface area contributed by atoms with E-state index in [1.165, 1.54) is 0 Å². The van der Waals surface area contributed by atoms with Gasteiger partial charge < -0.3 is 19.1 Å². The molecule has 3 aromatic rings. The van der Waals surface area contributed by atoms with E-state index in [1.54, 1.807) is 25.3 Å². The molecule has 0 saturated carbocycles. The molecule has 0 bridgehead atoms. The minimum atomic E-state index is -0.0214. The molecular weight excluding hydrogens is 438 g/mol. The van der Waals surface area contributed by atoms with Crippen LogP contribution in [0.25, 0.3) is 5.57 Å². The van der Waals surface area contributed by atoms with Gasteiger partial charge in [-0.2, -0.15) is 0 Å². The standard InChI is InChI=1S/C27H26ClNO4/c1-31-26-12-7-21(17-22(26)19-33-24-10-8-23(28)9-11-24)25(20-5-3-2-4-6-20)18-27(30)29-13-15-32-16-14-29/h2-12,17-18H,13-16,19H2,1H3. The Balaban J connectivity index is 1.66. The Kier molecular flexibility index (Phi) is 7.66. The summed E-state index contributed by atoms with van der Waals surface area (Å²) in [6.45, 7) is 2.64. The fourth-order valence-corrected chi connectivity index (χ4v) is 3.83. The third-order valence-electron chi connectivity index (χ3n) is 5.47. The van der Waals surface area contributed by atoms with Gasteiger partial charge in [-0.3, -0.25) is 4.79 Å². The lowest BCUT2D eigenvalue weighted by Gasteiger charge is -2.26. The second-order valence-corrected chi connectivity index (χ2v) is 8.07. The zero-order chi connectivity index (χ0) is 23.0. The van der Waals surface area contributed by atoms with Crippen molar-refractivity contribution in [2.45, 2.75) is 6.61 Å². The van der Waals surface area contributed by atoms with Crippen molar-refractivity contribution >= 4 is 23.1 Å². The summed E-state index contributed by atoms with van der Waals surface area (Å²) < 4.78 is 16.9. The fraction of sp³-hybridized carbons (Fsp3) is 0.222. The molecule has 0 spiro atoms. The van der Waals surface area contributed by atoms with Gasteiger partial charge in [0.2, 0.25) is 5.91 Å². The van der Waals surface area contributed by atoms with Crippen molar-refractivity contribution in [3.63, 3.8) is 0 Å². The maximum atomic E-state index is 13.0. The number of carbonyl (C=O) groups excluding carboxylic acids is 1. The molecule has 1 heterocycles. The molecule has 3 aromatic carbocycles. The second kappa shape index (κ2) is 11.0. The van der Waals surface area contributed by atoms with Crippen LogP contribution in [0.15, 0.2) is 78.9 Å². The minimum absolute atomic E-state index is 0.0214. The zero-order valence-electron chi connectivity index (χ0n) is 18.5. The van der Waals surface area contributed by atoms with E-state index < -0.39 is 0 Å². The van der Waals surface area contributed by atoms with Gasteiger partial charge in [-0.1, -0.05) is 48.0 Å². The van der Waals surface area contributed by atoms with Crippen molar-refractivity contribution in [3.05, 3.63) is 101 Å². The molecule has 0 radical (unpaired) electrons. The maximum Gasteiger partial charge on any atom is 0.247 e. The van der Waals surface area contributed by atoms with Crippen LogP contribution in [0.5, 0.6) is 11.5 Å². The second-order valence-electron chi connectivity index (χ2n) is 7.63. The monoisotopic (exact) mass is 463 g/mol. The average molecular weight is 464 g/mol. The van der Waals surface area contributed by atoms with Gasteiger partial charge in [-0.15, -0.1) is 0 Å². The molecule has 0 atom stereocenters. The first-order valence-electron chi connectivity index (χ1n) is 10.8. The third-order valence-corrected chi connectivity index (χ3v) is 5.73. The van der Waals surface area contributed by atoms with Gasteiger partial charge >= 0.3 is 0 Å². The Bertz CT molecular complexity index is 1110. The van der Waals surface area contributed by atoms with Crippen LogP contribution in [0, 0.1) is 0 Å².